The van der Waals surface area contributed by atoms with Crippen molar-refractivity contribution >= 4 is 9.84 Å². The molecule has 1 N–H and O–H groups in total. The number of hydrogen-bond acceptors (Lipinski definition) is 3. The Bertz CT molecular complexity index is 463. The Labute approximate surface area is 101 Å². The lowest BCUT2D eigenvalue weighted by atomic mass is 9.94. The SMILES string of the molecule is CC(O)(CCS(C)(=O)=O)Cc1ccc(F)cc1. The summed E-state index contributed by atoms with van der Waals surface area (Å²) in [5, 5.41) is 10.0. The molecule has 0 aliphatic heterocycles. The number of aliphatic hydroxyl groups is 1. The summed E-state index contributed by atoms with van der Waals surface area (Å²) < 4.78 is 34.7. The van der Waals surface area contributed by atoms with Crippen LogP contribution in [0.1, 0.15) is 18.9 Å². The van der Waals surface area contributed by atoms with Gasteiger partial charge in [0, 0.05) is 12.7 Å². The third kappa shape index (κ3) is 5.79. The predicted octanol–water partition coefficient (Wildman–Crippen LogP) is 1.55. The van der Waals surface area contributed by atoms with Crippen molar-refractivity contribution in [3.63, 3.8) is 0 Å². The van der Waals surface area contributed by atoms with Crippen LogP contribution in [-0.2, 0) is 16.3 Å². The molecule has 0 fully saturated rings. The monoisotopic (exact) mass is 260 g/mol. The summed E-state index contributed by atoms with van der Waals surface area (Å²) in [4.78, 5) is 0. The Morgan fingerprint density at radius 1 is 1.29 bits per heavy atom. The molecule has 0 aliphatic rings. The molecule has 0 radical (unpaired) electrons. The van der Waals surface area contributed by atoms with Gasteiger partial charge in [0.2, 0.25) is 0 Å². The van der Waals surface area contributed by atoms with E-state index in [9.17, 15) is 17.9 Å². The molecule has 0 amide bonds. The molecular weight excluding hydrogens is 243 g/mol. The molecule has 0 bridgehead atoms. The molecule has 0 saturated carbocycles. The third-order valence-electron chi connectivity index (χ3n) is 2.51. The van der Waals surface area contributed by atoms with Gasteiger partial charge in [0.1, 0.15) is 15.7 Å². The lowest BCUT2D eigenvalue weighted by Crippen LogP contribution is -2.30. The maximum Gasteiger partial charge on any atom is 0.147 e. The van der Waals surface area contributed by atoms with E-state index < -0.39 is 15.4 Å². The van der Waals surface area contributed by atoms with Crippen LogP contribution in [0.25, 0.3) is 0 Å². The number of sulfone groups is 1. The fourth-order valence-electron chi connectivity index (χ4n) is 1.54. The zero-order valence-corrected chi connectivity index (χ0v) is 10.8. The Morgan fingerprint density at radius 3 is 2.29 bits per heavy atom. The van der Waals surface area contributed by atoms with Crippen molar-refractivity contribution < 1.29 is 17.9 Å². The quantitative estimate of drug-likeness (QED) is 0.874. The number of halogens is 1. The first kappa shape index (κ1) is 14.1. The molecular formula is C12H17FO3S. The van der Waals surface area contributed by atoms with Crippen LogP contribution in [-0.4, -0.2) is 31.1 Å². The molecule has 0 saturated heterocycles. The first-order valence-corrected chi connectivity index (χ1v) is 7.39. The van der Waals surface area contributed by atoms with Gasteiger partial charge >= 0.3 is 0 Å². The summed E-state index contributed by atoms with van der Waals surface area (Å²) >= 11 is 0. The van der Waals surface area contributed by atoms with Gasteiger partial charge in [-0.3, -0.25) is 0 Å². The smallest absolute Gasteiger partial charge is 0.147 e. The molecule has 3 nitrogen and oxygen atoms in total. The van der Waals surface area contributed by atoms with Gasteiger partial charge in [-0.2, -0.15) is 0 Å². The van der Waals surface area contributed by atoms with E-state index in [4.69, 9.17) is 0 Å². The van der Waals surface area contributed by atoms with Crippen LogP contribution in [0.4, 0.5) is 4.39 Å². The summed E-state index contributed by atoms with van der Waals surface area (Å²) in [5.74, 6) is -0.384. The normalized spacial score (nSPS) is 15.5. The highest BCUT2D eigenvalue weighted by Crippen LogP contribution is 2.18. The van der Waals surface area contributed by atoms with E-state index in [1.165, 1.54) is 12.1 Å². The second kappa shape index (κ2) is 5.14. The van der Waals surface area contributed by atoms with E-state index in [2.05, 4.69) is 0 Å². The summed E-state index contributed by atoms with van der Waals surface area (Å²) in [6.07, 6.45) is 1.62. The highest BCUT2D eigenvalue weighted by Gasteiger charge is 2.22. The van der Waals surface area contributed by atoms with Crippen LogP contribution in [0.2, 0.25) is 0 Å². The fourth-order valence-corrected chi connectivity index (χ4v) is 2.35. The summed E-state index contributed by atoms with van der Waals surface area (Å²) in [6.45, 7) is 1.58. The number of rotatable bonds is 5. The Balaban J connectivity index is 2.63. The average molecular weight is 260 g/mol. The number of benzene rings is 1. The molecule has 0 aliphatic carbocycles. The van der Waals surface area contributed by atoms with E-state index in [1.54, 1.807) is 19.1 Å². The Hall–Kier alpha value is -0.940. The molecule has 96 valence electrons. The average Bonchev–Trinajstić information content (AvgIpc) is 2.18. The highest BCUT2D eigenvalue weighted by molar-refractivity contribution is 7.90. The minimum atomic E-state index is -3.08. The van der Waals surface area contributed by atoms with Crippen molar-refractivity contribution in [3.05, 3.63) is 35.6 Å². The lowest BCUT2D eigenvalue weighted by Gasteiger charge is -2.22. The topological polar surface area (TPSA) is 54.4 Å². The fraction of sp³-hybridized carbons (Fsp3) is 0.500. The molecule has 1 aromatic rings. The van der Waals surface area contributed by atoms with Crippen molar-refractivity contribution in [2.75, 3.05) is 12.0 Å². The van der Waals surface area contributed by atoms with Gasteiger partial charge in [-0.15, -0.1) is 0 Å². The summed E-state index contributed by atoms with van der Waals surface area (Å²) in [5.41, 5.74) is -0.314. The molecule has 1 atom stereocenters. The van der Waals surface area contributed by atoms with Gasteiger partial charge in [-0.05, 0) is 31.0 Å². The van der Waals surface area contributed by atoms with Crippen LogP contribution in [0.5, 0.6) is 0 Å². The van der Waals surface area contributed by atoms with E-state index in [1.807, 2.05) is 0 Å². The first-order chi connectivity index (χ1) is 7.68. The first-order valence-electron chi connectivity index (χ1n) is 5.32. The molecule has 0 aromatic heterocycles. The van der Waals surface area contributed by atoms with Gasteiger partial charge in [0.15, 0.2) is 0 Å². The van der Waals surface area contributed by atoms with E-state index in [0.29, 0.717) is 6.42 Å². The molecule has 1 rings (SSSR count). The van der Waals surface area contributed by atoms with Crippen molar-refractivity contribution in [2.24, 2.45) is 0 Å². The van der Waals surface area contributed by atoms with Crippen LogP contribution < -0.4 is 0 Å². The van der Waals surface area contributed by atoms with Gasteiger partial charge < -0.3 is 5.11 Å². The lowest BCUT2D eigenvalue weighted by molar-refractivity contribution is 0.0572. The zero-order valence-electron chi connectivity index (χ0n) is 9.98. The van der Waals surface area contributed by atoms with Gasteiger partial charge in [-0.1, -0.05) is 12.1 Å². The van der Waals surface area contributed by atoms with Crippen molar-refractivity contribution in [1.82, 2.24) is 0 Å². The zero-order chi connectivity index (χ0) is 13.1. The minimum absolute atomic E-state index is 0.0544. The van der Waals surface area contributed by atoms with E-state index in [0.717, 1.165) is 11.8 Å². The van der Waals surface area contributed by atoms with Gasteiger partial charge in [-0.25, -0.2) is 12.8 Å². The molecule has 0 heterocycles. The molecule has 1 unspecified atom stereocenters. The van der Waals surface area contributed by atoms with Crippen molar-refractivity contribution in [2.45, 2.75) is 25.4 Å². The third-order valence-corrected chi connectivity index (χ3v) is 3.46. The Morgan fingerprint density at radius 2 is 1.82 bits per heavy atom. The predicted molar refractivity (Wildman–Crippen MR) is 65.1 cm³/mol. The van der Waals surface area contributed by atoms with Gasteiger partial charge in [0.25, 0.3) is 0 Å². The van der Waals surface area contributed by atoms with E-state index >= 15 is 0 Å². The van der Waals surface area contributed by atoms with Crippen LogP contribution >= 0.6 is 0 Å². The maximum absolute atomic E-state index is 12.7. The molecule has 1 aromatic carbocycles. The van der Waals surface area contributed by atoms with Crippen LogP contribution in [0.3, 0.4) is 0 Å². The van der Waals surface area contributed by atoms with Crippen LogP contribution in [0.15, 0.2) is 24.3 Å². The summed E-state index contributed by atoms with van der Waals surface area (Å²) in [7, 11) is -3.08. The highest BCUT2D eigenvalue weighted by atomic mass is 32.2. The standard InChI is InChI=1S/C12H17FO3S/c1-12(14,7-8-17(2,15)16)9-10-3-5-11(13)6-4-10/h3-6,14H,7-9H2,1-2H3. The van der Waals surface area contributed by atoms with E-state index in [-0.39, 0.29) is 18.0 Å². The summed E-state index contributed by atoms with van der Waals surface area (Å²) in [6, 6.07) is 5.82. The molecule has 0 spiro atoms. The maximum atomic E-state index is 12.7. The Kier molecular flexibility index (Phi) is 4.27. The van der Waals surface area contributed by atoms with Crippen LogP contribution in [0, 0.1) is 5.82 Å². The second-order valence-electron chi connectivity index (χ2n) is 4.68. The van der Waals surface area contributed by atoms with Crippen molar-refractivity contribution in [3.8, 4) is 0 Å². The second-order valence-corrected chi connectivity index (χ2v) is 6.94. The largest absolute Gasteiger partial charge is 0.390 e. The number of hydrogen-bond donors (Lipinski definition) is 1. The van der Waals surface area contributed by atoms with Crippen molar-refractivity contribution in [1.29, 1.82) is 0 Å². The molecule has 17 heavy (non-hydrogen) atoms. The van der Waals surface area contributed by atoms with Gasteiger partial charge in [0.05, 0.1) is 11.4 Å². The minimum Gasteiger partial charge on any atom is -0.390 e. The molecule has 5 heteroatoms.